The fraction of sp³-hybridized carbons (Fsp3) is 0.368. The van der Waals surface area contributed by atoms with Crippen molar-refractivity contribution in [1.29, 1.82) is 0 Å². The number of ether oxygens (including phenoxy) is 3. The van der Waals surface area contributed by atoms with Gasteiger partial charge in [0.15, 0.2) is 6.29 Å². The first-order valence-corrected chi connectivity index (χ1v) is 17.1. The first kappa shape index (κ1) is 35.0. The summed E-state index contributed by atoms with van der Waals surface area (Å²) in [5.74, 6) is 0.282. The van der Waals surface area contributed by atoms with Gasteiger partial charge in [0.1, 0.15) is 6.54 Å². The summed E-state index contributed by atoms with van der Waals surface area (Å²) in [4.78, 5) is 37.2. The van der Waals surface area contributed by atoms with Crippen molar-refractivity contribution in [2.45, 2.75) is 45.0 Å². The summed E-state index contributed by atoms with van der Waals surface area (Å²) < 4.78 is 18.2. The molecule has 0 spiro atoms. The fourth-order valence-electron chi connectivity index (χ4n) is 6.24. The second-order valence-corrected chi connectivity index (χ2v) is 12.4. The molecule has 12 nitrogen and oxygen atoms in total. The van der Waals surface area contributed by atoms with Gasteiger partial charge in [-0.25, -0.2) is 14.8 Å². The Morgan fingerprint density at radius 2 is 1.60 bits per heavy atom. The molecule has 0 unspecified atom stereocenters. The average molecular weight is 681 g/mol. The van der Waals surface area contributed by atoms with Crippen molar-refractivity contribution in [2.75, 3.05) is 50.8 Å². The number of nitrogens with zero attached hydrogens (tertiary/aromatic N) is 4. The minimum atomic E-state index is -0.580. The molecule has 2 aliphatic heterocycles. The molecule has 50 heavy (non-hydrogen) atoms. The van der Waals surface area contributed by atoms with Crippen LogP contribution >= 0.6 is 0 Å². The van der Waals surface area contributed by atoms with Crippen molar-refractivity contribution in [3.63, 3.8) is 0 Å². The molecule has 0 saturated carbocycles. The van der Waals surface area contributed by atoms with E-state index in [0.29, 0.717) is 13.0 Å². The van der Waals surface area contributed by atoms with Crippen LogP contribution in [0.15, 0.2) is 91.3 Å². The van der Waals surface area contributed by atoms with Gasteiger partial charge in [0.05, 0.1) is 25.4 Å². The highest BCUT2D eigenvalue weighted by molar-refractivity contribution is 5.80. The summed E-state index contributed by atoms with van der Waals surface area (Å²) in [5, 5.41) is 14.9. The van der Waals surface area contributed by atoms with Crippen LogP contribution < -0.4 is 15.5 Å². The number of aromatic nitrogens is 2. The molecule has 3 atom stereocenters. The molecule has 0 radical (unpaired) electrons. The van der Waals surface area contributed by atoms with E-state index in [-0.39, 0.29) is 32.0 Å². The summed E-state index contributed by atoms with van der Waals surface area (Å²) in [5.41, 5.74) is 5.72. The first-order valence-electron chi connectivity index (χ1n) is 17.1. The lowest BCUT2D eigenvalue weighted by Crippen LogP contribution is -2.50. The van der Waals surface area contributed by atoms with E-state index in [4.69, 9.17) is 14.2 Å². The predicted octanol–water partition coefficient (Wildman–Crippen LogP) is 4.37. The number of anilines is 1. The minimum absolute atomic E-state index is 0.00704. The number of urea groups is 1. The van der Waals surface area contributed by atoms with Gasteiger partial charge in [-0.3, -0.25) is 9.69 Å². The van der Waals surface area contributed by atoms with Crippen molar-refractivity contribution in [3.05, 3.63) is 114 Å². The van der Waals surface area contributed by atoms with E-state index in [1.807, 2.05) is 72.8 Å². The summed E-state index contributed by atoms with van der Waals surface area (Å²) in [6.45, 7) is 6.31. The number of hydrogen-bond donors (Lipinski definition) is 3. The summed E-state index contributed by atoms with van der Waals surface area (Å²) >= 11 is 0. The SMILES string of the molecule is CCOC(=O)CNC(=O)NCc1cccc(-c2cccc([C@@H]3O[C@H](CN4CCN(c5ncccn5)CC4)C[C@H](c4ccc(CO)cc4)O3)c2)c1. The minimum Gasteiger partial charge on any atom is -0.465 e. The zero-order valence-corrected chi connectivity index (χ0v) is 28.2. The molecule has 4 aromatic rings. The second-order valence-electron chi connectivity index (χ2n) is 12.4. The zero-order chi connectivity index (χ0) is 34.7. The molecule has 6 rings (SSSR count). The van der Waals surface area contributed by atoms with Crippen LogP contribution in [0.3, 0.4) is 0 Å². The fourth-order valence-corrected chi connectivity index (χ4v) is 6.24. The van der Waals surface area contributed by atoms with Crippen LogP contribution in [-0.2, 0) is 32.2 Å². The lowest BCUT2D eigenvalue weighted by Gasteiger charge is -2.40. The third kappa shape index (κ3) is 9.42. The number of rotatable bonds is 12. The molecule has 0 aliphatic carbocycles. The van der Waals surface area contributed by atoms with E-state index in [9.17, 15) is 14.7 Å². The average Bonchev–Trinajstić information content (AvgIpc) is 3.17. The van der Waals surface area contributed by atoms with Crippen LogP contribution in [0.2, 0.25) is 0 Å². The summed E-state index contributed by atoms with van der Waals surface area (Å²) in [6, 6.07) is 25.4. The standard InChI is InChI=1S/C38H44N6O6/c1-2-48-35(46)24-42-38(47)41-23-28-6-3-7-30(20-28)31-8-4-9-32(21-31)36-49-33(22-34(50-36)29-12-10-27(26-45)11-13-29)25-43-16-18-44(19-17-43)37-39-14-5-15-40-37/h3-15,20-21,33-34,36,45H,2,16-19,22-26H2,1H3,(H2,41,42,47)/t33-,34+,36+/m0/s1. The Hall–Kier alpha value is -4.88. The molecule has 2 saturated heterocycles. The van der Waals surface area contributed by atoms with Gasteiger partial charge in [0.25, 0.3) is 0 Å². The van der Waals surface area contributed by atoms with Gasteiger partial charge in [-0.2, -0.15) is 0 Å². The molecule has 0 bridgehead atoms. The van der Waals surface area contributed by atoms with E-state index in [2.05, 4.69) is 36.5 Å². The van der Waals surface area contributed by atoms with Crippen molar-refractivity contribution < 1.29 is 28.9 Å². The maximum absolute atomic E-state index is 12.2. The van der Waals surface area contributed by atoms with Crippen molar-refractivity contribution in [1.82, 2.24) is 25.5 Å². The van der Waals surface area contributed by atoms with E-state index < -0.39 is 18.3 Å². The molecule has 262 valence electrons. The third-order valence-corrected chi connectivity index (χ3v) is 8.85. The van der Waals surface area contributed by atoms with Crippen LogP contribution in [0.25, 0.3) is 11.1 Å². The highest BCUT2D eigenvalue weighted by atomic mass is 16.7. The number of nitrogens with one attached hydrogen (secondary N) is 2. The summed E-state index contributed by atoms with van der Waals surface area (Å²) in [7, 11) is 0. The number of piperazine rings is 1. The van der Waals surface area contributed by atoms with Crippen LogP contribution in [0.1, 0.15) is 48.0 Å². The van der Waals surface area contributed by atoms with Gasteiger partial charge in [0.2, 0.25) is 5.95 Å². The molecular formula is C38H44N6O6. The quantitative estimate of drug-likeness (QED) is 0.185. The highest BCUT2D eigenvalue weighted by Crippen LogP contribution is 2.39. The largest absolute Gasteiger partial charge is 0.465 e. The first-order chi connectivity index (χ1) is 24.5. The molecule has 3 N–H and O–H groups in total. The van der Waals surface area contributed by atoms with Crippen molar-refractivity contribution >= 4 is 17.9 Å². The molecule has 2 amide bonds. The number of hydrogen-bond acceptors (Lipinski definition) is 10. The van der Waals surface area contributed by atoms with Crippen LogP contribution in [-0.4, -0.2) is 84.0 Å². The maximum Gasteiger partial charge on any atom is 0.325 e. The zero-order valence-electron chi connectivity index (χ0n) is 28.2. The highest BCUT2D eigenvalue weighted by Gasteiger charge is 2.34. The maximum atomic E-state index is 12.2. The lowest BCUT2D eigenvalue weighted by atomic mass is 9.98. The van der Waals surface area contributed by atoms with Gasteiger partial charge in [-0.15, -0.1) is 0 Å². The van der Waals surface area contributed by atoms with Gasteiger partial charge >= 0.3 is 12.0 Å². The van der Waals surface area contributed by atoms with E-state index in [1.54, 1.807) is 19.3 Å². The molecule has 12 heteroatoms. The number of aliphatic hydroxyl groups is 1. The Balaban J connectivity index is 1.14. The van der Waals surface area contributed by atoms with Crippen molar-refractivity contribution in [2.24, 2.45) is 0 Å². The number of amides is 2. The van der Waals surface area contributed by atoms with Gasteiger partial charge < -0.3 is 34.9 Å². The Labute approximate surface area is 292 Å². The van der Waals surface area contributed by atoms with E-state index in [1.165, 1.54) is 0 Å². The summed E-state index contributed by atoms with van der Waals surface area (Å²) in [6.07, 6.45) is 3.43. The number of carbonyl (C=O) groups excluding carboxylic acids is 2. The van der Waals surface area contributed by atoms with Crippen molar-refractivity contribution in [3.8, 4) is 11.1 Å². The molecule has 2 aliphatic rings. The van der Waals surface area contributed by atoms with Crippen LogP contribution in [0.4, 0.5) is 10.7 Å². The lowest BCUT2D eigenvalue weighted by molar-refractivity contribution is -0.253. The van der Waals surface area contributed by atoms with E-state index in [0.717, 1.165) is 72.1 Å². The number of benzene rings is 3. The third-order valence-electron chi connectivity index (χ3n) is 8.85. The Bertz CT molecular complexity index is 1700. The number of aliphatic hydroxyl groups excluding tert-OH is 1. The Morgan fingerprint density at radius 3 is 2.34 bits per heavy atom. The Morgan fingerprint density at radius 1 is 0.860 bits per heavy atom. The number of esters is 1. The topological polar surface area (TPSA) is 138 Å². The van der Waals surface area contributed by atoms with Crippen LogP contribution in [0, 0.1) is 0 Å². The Kier molecular flexibility index (Phi) is 12.0. The smallest absolute Gasteiger partial charge is 0.325 e. The van der Waals surface area contributed by atoms with E-state index >= 15 is 0 Å². The second kappa shape index (κ2) is 17.2. The number of carbonyl (C=O) groups is 2. The predicted molar refractivity (Wildman–Crippen MR) is 188 cm³/mol. The normalized spacial score (nSPS) is 19.5. The van der Waals surface area contributed by atoms with Gasteiger partial charge in [0, 0.05) is 63.6 Å². The molecule has 3 heterocycles. The van der Waals surface area contributed by atoms with Gasteiger partial charge in [-0.1, -0.05) is 60.7 Å². The van der Waals surface area contributed by atoms with Gasteiger partial charge in [-0.05, 0) is 52.9 Å². The molecular weight excluding hydrogens is 636 g/mol. The van der Waals surface area contributed by atoms with Crippen LogP contribution in [0.5, 0.6) is 0 Å². The molecule has 3 aromatic carbocycles. The molecule has 1 aromatic heterocycles. The molecule has 2 fully saturated rings. The monoisotopic (exact) mass is 680 g/mol.